The molecule has 0 aromatic heterocycles. The fraction of sp³-hybridized carbons (Fsp3) is 0.500. The molecule has 0 spiro atoms. The van der Waals surface area contributed by atoms with Gasteiger partial charge in [0.05, 0.1) is 6.61 Å². The van der Waals surface area contributed by atoms with Gasteiger partial charge in [0.25, 0.3) is 0 Å². The fourth-order valence-electron chi connectivity index (χ4n) is 0.819. The van der Waals surface area contributed by atoms with E-state index in [1.165, 1.54) is 6.92 Å². The van der Waals surface area contributed by atoms with Gasteiger partial charge in [-0.3, -0.25) is 4.79 Å². The van der Waals surface area contributed by atoms with E-state index in [9.17, 15) is 14.4 Å². The van der Waals surface area contributed by atoms with Gasteiger partial charge in [-0.1, -0.05) is 13.2 Å². The minimum Gasteiger partial charge on any atom is -0.478 e. The molecule has 0 radical (unpaired) electrons. The third-order valence-corrected chi connectivity index (χ3v) is 1.89. The number of rotatable bonds is 3. The fourth-order valence-corrected chi connectivity index (χ4v) is 0.819. The largest absolute Gasteiger partial charge is 0.478 e. The van der Waals surface area contributed by atoms with Crippen molar-refractivity contribution in [2.45, 2.75) is 33.6 Å². The second-order valence-corrected chi connectivity index (χ2v) is 4.04. The highest BCUT2D eigenvalue weighted by atomic mass is 16.5. The molecule has 1 amide bonds. The molecule has 20 heavy (non-hydrogen) atoms. The van der Waals surface area contributed by atoms with Crippen LogP contribution < -0.4 is 5.32 Å². The van der Waals surface area contributed by atoms with E-state index in [1.54, 1.807) is 13.8 Å². The van der Waals surface area contributed by atoms with Crippen LogP contribution in [0.25, 0.3) is 0 Å². The second kappa shape index (κ2) is 12.0. The lowest BCUT2D eigenvalue weighted by atomic mass is 10.4. The summed E-state index contributed by atoms with van der Waals surface area (Å²) in [7, 11) is 0. The van der Waals surface area contributed by atoms with E-state index in [2.05, 4.69) is 23.2 Å². The van der Waals surface area contributed by atoms with Crippen molar-refractivity contribution >= 4 is 17.8 Å². The number of hydrogen-bond acceptors (Lipinski definition) is 4. The zero-order valence-corrected chi connectivity index (χ0v) is 12.3. The van der Waals surface area contributed by atoms with E-state index < -0.39 is 5.97 Å². The Kier molecular flexibility index (Phi) is 12.1. The molecule has 0 bridgehead atoms. The summed E-state index contributed by atoms with van der Waals surface area (Å²) in [6.45, 7) is 12.7. The van der Waals surface area contributed by atoms with E-state index >= 15 is 0 Å². The van der Waals surface area contributed by atoms with Gasteiger partial charge in [0.2, 0.25) is 5.91 Å². The van der Waals surface area contributed by atoms with Crippen LogP contribution in [-0.2, 0) is 19.1 Å². The molecule has 1 rings (SSSR count). The first-order valence-electron chi connectivity index (χ1n) is 6.20. The summed E-state index contributed by atoms with van der Waals surface area (Å²) in [5.74, 6) is -1.04. The Bertz CT molecular complexity index is 354. The van der Waals surface area contributed by atoms with Crippen LogP contribution in [0.5, 0.6) is 0 Å². The lowest BCUT2D eigenvalue weighted by Gasteiger charge is -1.96. The Morgan fingerprint density at radius 3 is 1.90 bits per heavy atom. The standard InChI is InChI=1S/C6H10O2.C4H7NO.C4H6O2/c1-4-8-6(7)5(2)3;6-4-2-1-3-5-4;1-3(2)4(5)6/h2,4H2,1,3H3;1-3H2,(H,5,6);1H2,2H3,(H,5,6). The van der Waals surface area contributed by atoms with Crippen molar-refractivity contribution in [3.63, 3.8) is 0 Å². The van der Waals surface area contributed by atoms with Crippen LogP contribution in [-0.4, -0.2) is 36.1 Å². The molecular weight excluding hydrogens is 262 g/mol. The summed E-state index contributed by atoms with van der Waals surface area (Å²) < 4.78 is 4.56. The molecular formula is C14H23NO5. The van der Waals surface area contributed by atoms with Gasteiger partial charge in [-0.05, 0) is 27.2 Å². The number of nitrogens with one attached hydrogen (secondary N) is 1. The van der Waals surface area contributed by atoms with Crippen molar-refractivity contribution < 1.29 is 24.2 Å². The first-order chi connectivity index (χ1) is 9.22. The lowest BCUT2D eigenvalue weighted by molar-refractivity contribution is -0.138. The van der Waals surface area contributed by atoms with E-state index in [0.29, 0.717) is 12.2 Å². The third-order valence-electron chi connectivity index (χ3n) is 1.89. The summed E-state index contributed by atoms with van der Waals surface area (Å²) in [6, 6.07) is 0. The number of hydrogen-bond donors (Lipinski definition) is 2. The predicted molar refractivity (Wildman–Crippen MR) is 76.1 cm³/mol. The molecule has 1 fully saturated rings. The number of carboxylic acids is 1. The quantitative estimate of drug-likeness (QED) is 0.608. The van der Waals surface area contributed by atoms with Crippen LogP contribution in [0, 0.1) is 0 Å². The topological polar surface area (TPSA) is 92.7 Å². The van der Waals surface area contributed by atoms with Crippen LogP contribution >= 0.6 is 0 Å². The van der Waals surface area contributed by atoms with Crippen molar-refractivity contribution in [2.75, 3.05) is 13.2 Å². The van der Waals surface area contributed by atoms with Crippen LogP contribution in [0.4, 0.5) is 0 Å². The number of carbonyl (C=O) groups is 3. The van der Waals surface area contributed by atoms with Crippen molar-refractivity contribution in [2.24, 2.45) is 0 Å². The molecule has 0 aromatic rings. The van der Waals surface area contributed by atoms with Crippen molar-refractivity contribution in [1.29, 1.82) is 0 Å². The third kappa shape index (κ3) is 14.0. The maximum atomic E-state index is 10.4. The van der Waals surface area contributed by atoms with Crippen molar-refractivity contribution in [1.82, 2.24) is 5.32 Å². The average molecular weight is 285 g/mol. The molecule has 1 aliphatic heterocycles. The molecule has 0 unspecified atom stereocenters. The monoisotopic (exact) mass is 285 g/mol. The first-order valence-corrected chi connectivity index (χ1v) is 6.20. The lowest BCUT2D eigenvalue weighted by Crippen LogP contribution is -2.12. The number of aliphatic carboxylic acids is 1. The molecule has 114 valence electrons. The van der Waals surface area contributed by atoms with E-state index in [-0.39, 0.29) is 17.4 Å². The number of ether oxygens (including phenoxy) is 1. The maximum absolute atomic E-state index is 10.4. The Labute approximate surface area is 119 Å². The Hall–Kier alpha value is -2.11. The highest BCUT2D eigenvalue weighted by molar-refractivity contribution is 5.86. The van der Waals surface area contributed by atoms with Gasteiger partial charge < -0.3 is 15.2 Å². The van der Waals surface area contributed by atoms with Gasteiger partial charge in [0.15, 0.2) is 0 Å². The molecule has 6 heteroatoms. The van der Waals surface area contributed by atoms with E-state index in [0.717, 1.165) is 19.4 Å². The highest BCUT2D eigenvalue weighted by Crippen LogP contribution is 1.93. The molecule has 1 heterocycles. The zero-order valence-electron chi connectivity index (χ0n) is 12.3. The molecule has 6 nitrogen and oxygen atoms in total. The Morgan fingerprint density at radius 1 is 1.30 bits per heavy atom. The van der Waals surface area contributed by atoms with Crippen LogP contribution in [0.15, 0.2) is 24.3 Å². The van der Waals surface area contributed by atoms with Gasteiger partial charge in [-0.2, -0.15) is 0 Å². The summed E-state index contributed by atoms with van der Waals surface area (Å²) in [5, 5.41) is 10.6. The number of carbonyl (C=O) groups excluding carboxylic acids is 2. The van der Waals surface area contributed by atoms with Gasteiger partial charge in [0.1, 0.15) is 0 Å². The zero-order chi connectivity index (χ0) is 16.1. The molecule has 2 N–H and O–H groups in total. The predicted octanol–water partition coefficient (Wildman–Crippen LogP) is 1.67. The van der Waals surface area contributed by atoms with Crippen LogP contribution in [0.2, 0.25) is 0 Å². The van der Waals surface area contributed by atoms with E-state index in [4.69, 9.17) is 5.11 Å². The summed E-state index contributed by atoms with van der Waals surface area (Å²) >= 11 is 0. The van der Waals surface area contributed by atoms with Crippen LogP contribution in [0.3, 0.4) is 0 Å². The summed E-state index contributed by atoms with van der Waals surface area (Å²) in [6.07, 6.45) is 1.76. The molecule has 0 aliphatic carbocycles. The first kappa shape index (κ1) is 20.2. The Morgan fingerprint density at radius 2 is 1.80 bits per heavy atom. The number of esters is 1. The van der Waals surface area contributed by atoms with Gasteiger partial charge >= 0.3 is 11.9 Å². The summed E-state index contributed by atoms with van der Waals surface area (Å²) in [4.78, 5) is 30.2. The minimum absolute atomic E-state index is 0.176. The number of carboxylic acid groups (broad SMARTS) is 1. The molecule has 0 atom stereocenters. The second-order valence-electron chi connectivity index (χ2n) is 4.04. The van der Waals surface area contributed by atoms with Crippen molar-refractivity contribution in [3.8, 4) is 0 Å². The van der Waals surface area contributed by atoms with Gasteiger partial charge in [-0.25, -0.2) is 9.59 Å². The van der Waals surface area contributed by atoms with Gasteiger partial charge in [0, 0.05) is 24.1 Å². The SMILES string of the molecule is C=C(C)C(=O)O.C=C(C)C(=O)OCC.O=C1CCCN1. The molecule has 0 saturated carbocycles. The molecule has 0 aromatic carbocycles. The van der Waals surface area contributed by atoms with Crippen molar-refractivity contribution in [3.05, 3.63) is 24.3 Å². The average Bonchev–Trinajstić information content (AvgIpc) is 2.82. The number of amides is 1. The minimum atomic E-state index is -0.935. The van der Waals surface area contributed by atoms with E-state index in [1.807, 2.05) is 0 Å². The van der Waals surface area contributed by atoms with Crippen LogP contribution in [0.1, 0.15) is 33.6 Å². The highest BCUT2D eigenvalue weighted by Gasteiger charge is 2.05. The molecule has 1 saturated heterocycles. The van der Waals surface area contributed by atoms with Gasteiger partial charge in [-0.15, -0.1) is 0 Å². The maximum Gasteiger partial charge on any atom is 0.333 e. The Balaban J connectivity index is 0. The normalized spacial score (nSPS) is 11.8. The summed E-state index contributed by atoms with van der Waals surface area (Å²) in [5.41, 5.74) is 0.627. The molecule has 1 aliphatic rings. The smallest absolute Gasteiger partial charge is 0.333 e.